The Bertz CT molecular complexity index is 1040. The van der Waals surface area contributed by atoms with Gasteiger partial charge in [-0.3, -0.25) is 9.78 Å². The molecule has 0 aliphatic heterocycles. The van der Waals surface area contributed by atoms with Gasteiger partial charge >= 0.3 is 0 Å². The standard InChI is InChI=1S/C22H18BrCl3N2O3/c1-30-18-4-2-14(3-5-18)13-28(22(29)15-8-16(23)12-27-11-15)6-7-31-21-19(25)9-17(24)10-20(21)26/h2-5,8-12H,6-7,13H2,1H3. The lowest BCUT2D eigenvalue weighted by Gasteiger charge is -2.23. The minimum Gasteiger partial charge on any atom is -0.497 e. The predicted molar refractivity (Wildman–Crippen MR) is 127 cm³/mol. The highest BCUT2D eigenvalue weighted by Gasteiger charge is 2.18. The van der Waals surface area contributed by atoms with Crippen LogP contribution < -0.4 is 9.47 Å². The van der Waals surface area contributed by atoms with Crippen molar-refractivity contribution >= 4 is 56.6 Å². The number of carbonyl (C=O) groups is 1. The van der Waals surface area contributed by atoms with E-state index < -0.39 is 0 Å². The Hall–Kier alpha value is -1.99. The molecule has 31 heavy (non-hydrogen) atoms. The topological polar surface area (TPSA) is 51.7 Å². The molecule has 2 aromatic carbocycles. The maximum atomic E-state index is 13.2. The molecule has 0 saturated heterocycles. The van der Waals surface area contributed by atoms with Crippen LogP contribution in [0.25, 0.3) is 0 Å². The summed E-state index contributed by atoms with van der Waals surface area (Å²) < 4.78 is 11.7. The number of nitrogens with zero attached hydrogens (tertiary/aromatic N) is 2. The number of pyridine rings is 1. The van der Waals surface area contributed by atoms with Gasteiger partial charge in [-0.1, -0.05) is 46.9 Å². The number of benzene rings is 2. The second-order valence-corrected chi connectivity index (χ2v) is 8.68. The first-order valence-corrected chi connectivity index (χ1v) is 11.1. The van der Waals surface area contributed by atoms with Crippen molar-refractivity contribution in [2.24, 2.45) is 0 Å². The van der Waals surface area contributed by atoms with Gasteiger partial charge in [-0.15, -0.1) is 0 Å². The van der Waals surface area contributed by atoms with Crippen LogP contribution in [0.2, 0.25) is 15.1 Å². The van der Waals surface area contributed by atoms with E-state index in [0.717, 1.165) is 15.8 Å². The number of halogens is 4. The fourth-order valence-corrected chi connectivity index (χ4v) is 4.13. The molecular weight excluding hydrogens is 527 g/mol. The summed E-state index contributed by atoms with van der Waals surface area (Å²) in [6.45, 7) is 0.859. The van der Waals surface area contributed by atoms with Crippen LogP contribution in [-0.2, 0) is 6.54 Å². The number of ether oxygens (including phenoxy) is 2. The zero-order chi connectivity index (χ0) is 22.4. The SMILES string of the molecule is COc1ccc(CN(CCOc2c(Cl)cc(Cl)cc2Cl)C(=O)c2cncc(Br)c2)cc1. The monoisotopic (exact) mass is 542 g/mol. The molecule has 1 heterocycles. The molecule has 0 aliphatic rings. The molecule has 9 heteroatoms. The van der Waals surface area contributed by atoms with Gasteiger partial charge in [0.05, 0.1) is 29.3 Å². The third kappa shape index (κ3) is 6.50. The van der Waals surface area contributed by atoms with E-state index in [1.165, 1.54) is 6.20 Å². The Balaban J connectivity index is 1.77. The van der Waals surface area contributed by atoms with Crippen molar-refractivity contribution < 1.29 is 14.3 Å². The van der Waals surface area contributed by atoms with E-state index in [1.54, 1.807) is 36.4 Å². The summed E-state index contributed by atoms with van der Waals surface area (Å²) in [7, 11) is 1.61. The number of hydrogen-bond acceptors (Lipinski definition) is 4. The smallest absolute Gasteiger partial charge is 0.255 e. The van der Waals surface area contributed by atoms with E-state index in [9.17, 15) is 4.79 Å². The Morgan fingerprint density at radius 3 is 2.35 bits per heavy atom. The van der Waals surface area contributed by atoms with Crippen molar-refractivity contribution in [3.63, 3.8) is 0 Å². The summed E-state index contributed by atoms with van der Waals surface area (Å²) in [5, 5.41) is 1.03. The van der Waals surface area contributed by atoms with E-state index in [-0.39, 0.29) is 12.5 Å². The van der Waals surface area contributed by atoms with Crippen LogP contribution in [0.5, 0.6) is 11.5 Å². The van der Waals surface area contributed by atoms with Crippen molar-refractivity contribution in [3.8, 4) is 11.5 Å². The molecule has 0 bridgehead atoms. The van der Waals surface area contributed by atoms with E-state index in [2.05, 4.69) is 20.9 Å². The van der Waals surface area contributed by atoms with Crippen molar-refractivity contribution in [2.75, 3.05) is 20.3 Å². The van der Waals surface area contributed by atoms with Crippen LogP contribution in [0.4, 0.5) is 0 Å². The van der Waals surface area contributed by atoms with Gasteiger partial charge < -0.3 is 14.4 Å². The minimum atomic E-state index is -0.179. The molecule has 0 fully saturated rings. The lowest BCUT2D eigenvalue weighted by molar-refractivity contribution is 0.0716. The molecule has 0 radical (unpaired) electrons. The summed E-state index contributed by atoms with van der Waals surface area (Å²) >= 11 is 21.7. The van der Waals surface area contributed by atoms with Gasteiger partial charge in [-0.25, -0.2) is 0 Å². The maximum Gasteiger partial charge on any atom is 0.255 e. The molecule has 3 rings (SSSR count). The van der Waals surface area contributed by atoms with Gasteiger partial charge in [0.15, 0.2) is 5.75 Å². The van der Waals surface area contributed by atoms with E-state index in [1.807, 2.05) is 24.3 Å². The van der Waals surface area contributed by atoms with E-state index in [0.29, 0.717) is 39.5 Å². The van der Waals surface area contributed by atoms with Crippen molar-refractivity contribution in [1.29, 1.82) is 0 Å². The fraction of sp³-hybridized carbons (Fsp3) is 0.182. The molecule has 5 nitrogen and oxygen atoms in total. The molecule has 162 valence electrons. The Morgan fingerprint density at radius 1 is 1.06 bits per heavy atom. The summed E-state index contributed by atoms with van der Waals surface area (Å²) in [6, 6.07) is 12.3. The molecule has 0 aliphatic carbocycles. The fourth-order valence-electron chi connectivity index (χ4n) is 2.84. The van der Waals surface area contributed by atoms with E-state index in [4.69, 9.17) is 44.3 Å². The largest absolute Gasteiger partial charge is 0.497 e. The number of aromatic nitrogens is 1. The molecule has 0 saturated carbocycles. The normalized spacial score (nSPS) is 10.6. The van der Waals surface area contributed by atoms with Crippen LogP contribution >= 0.6 is 50.7 Å². The van der Waals surface area contributed by atoms with Crippen LogP contribution in [0.15, 0.2) is 59.3 Å². The molecule has 0 unspecified atom stereocenters. The second-order valence-electron chi connectivity index (χ2n) is 6.51. The van der Waals surface area contributed by atoms with Crippen molar-refractivity contribution in [1.82, 2.24) is 9.88 Å². The lowest BCUT2D eigenvalue weighted by Crippen LogP contribution is -2.34. The van der Waals surface area contributed by atoms with Gasteiger partial charge in [0, 0.05) is 28.4 Å². The van der Waals surface area contributed by atoms with Crippen molar-refractivity contribution in [2.45, 2.75) is 6.54 Å². The Kier molecular flexibility index (Phi) is 8.43. The van der Waals surface area contributed by atoms with Gasteiger partial charge in [0.25, 0.3) is 5.91 Å². The average Bonchev–Trinajstić information content (AvgIpc) is 2.74. The molecule has 0 spiro atoms. The first-order valence-electron chi connectivity index (χ1n) is 9.17. The lowest BCUT2D eigenvalue weighted by atomic mass is 10.1. The van der Waals surface area contributed by atoms with Crippen molar-refractivity contribution in [3.05, 3.63) is 85.5 Å². The molecule has 0 N–H and O–H groups in total. The molecular formula is C22H18BrCl3N2O3. The van der Waals surface area contributed by atoms with Crippen LogP contribution in [0.3, 0.4) is 0 Å². The van der Waals surface area contributed by atoms with Gasteiger partial charge in [-0.05, 0) is 51.8 Å². The van der Waals surface area contributed by atoms with Crippen LogP contribution in [0.1, 0.15) is 15.9 Å². The number of rotatable bonds is 8. The Labute approximate surface area is 204 Å². The quantitative estimate of drug-likeness (QED) is 0.323. The summed E-state index contributed by atoms with van der Waals surface area (Å²) in [5.74, 6) is 0.892. The molecule has 1 amide bonds. The minimum absolute atomic E-state index is 0.179. The van der Waals surface area contributed by atoms with Gasteiger partial charge in [0.2, 0.25) is 0 Å². The summed E-state index contributed by atoms with van der Waals surface area (Å²) in [6.07, 6.45) is 3.15. The number of methoxy groups -OCH3 is 1. The highest BCUT2D eigenvalue weighted by molar-refractivity contribution is 9.10. The summed E-state index contributed by atoms with van der Waals surface area (Å²) in [4.78, 5) is 18.9. The molecule has 1 aromatic heterocycles. The second kappa shape index (κ2) is 11.0. The highest BCUT2D eigenvalue weighted by Crippen LogP contribution is 2.35. The number of amides is 1. The Morgan fingerprint density at radius 2 is 1.74 bits per heavy atom. The van der Waals surface area contributed by atoms with Crippen LogP contribution in [0, 0.1) is 0 Å². The molecule has 0 atom stereocenters. The van der Waals surface area contributed by atoms with Crippen LogP contribution in [-0.4, -0.2) is 36.1 Å². The first-order chi connectivity index (χ1) is 14.9. The van der Waals surface area contributed by atoms with Gasteiger partial charge in [0.1, 0.15) is 12.4 Å². The third-order valence-corrected chi connectivity index (χ3v) is 5.56. The van der Waals surface area contributed by atoms with E-state index >= 15 is 0 Å². The van der Waals surface area contributed by atoms with Gasteiger partial charge in [-0.2, -0.15) is 0 Å². The summed E-state index contributed by atoms with van der Waals surface area (Å²) in [5.41, 5.74) is 1.41. The number of carbonyl (C=O) groups excluding carboxylic acids is 1. The zero-order valence-electron chi connectivity index (χ0n) is 16.4. The highest BCUT2D eigenvalue weighted by atomic mass is 79.9. The first kappa shape index (κ1) is 23.7. The number of hydrogen-bond donors (Lipinski definition) is 0. The molecule has 3 aromatic rings. The third-order valence-electron chi connectivity index (χ3n) is 4.34. The maximum absolute atomic E-state index is 13.2. The predicted octanol–water partition coefficient (Wildman–Crippen LogP) is 6.53. The zero-order valence-corrected chi connectivity index (χ0v) is 20.3. The average molecular weight is 545 g/mol.